The molecule has 0 atom stereocenters. The van der Waals surface area contributed by atoms with Crippen LogP contribution in [0.5, 0.6) is 0 Å². The van der Waals surface area contributed by atoms with Gasteiger partial charge in [-0.25, -0.2) is 14.1 Å². The number of rotatable bonds is 4. The van der Waals surface area contributed by atoms with Gasteiger partial charge in [-0.3, -0.25) is 9.59 Å². The first kappa shape index (κ1) is 19.5. The molecule has 0 spiro atoms. The highest BCUT2D eigenvalue weighted by molar-refractivity contribution is 6.34. The van der Waals surface area contributed by atoms with Crippen molar-refractivity contribution < 1.29 is 14.0 Å². The smallest absolute Gasteiger partial charge is 0.295 e. The van der Waals surface area contributed by atoms with Gasteiger partial charge in [-0.2, -0.15) is 0 Å². The fourth-order valence-corrected chi connectivity index (χ4v) is 2.71. The van der Waals surface area contributed by atoms with Crippen molar-refractivity contribution in [1.82, 2.24) is 19.7 Å². The summed E-state index contributed by atoms with van der Waals surface area (Å²) in [6, 6.07) is 10.3. The maximum atomic E-state index is 13.1. The molecule has 1 N–H and O–H groups in total. The summed E-state index contributed by atoms with van der Waals surface area (Å²) in [6.45, 7) is 1.68. The third kappa shape index (κ3) is 4.01. The van der Waals surface area contributed by atoms with Crippen LogP contribution in [-0.2, 0) is 0 Å². The standard InChI is InChI=1S/C19H17ClFN5O2/c1-11-22-17(24-26(11)14-7-4-12(21)5-8-14)18(27)23-13-6-9-16(20)15(10-13)19(28)25(2)3/h4-10H,1-3H3,(H,23,27). The molecule has 1 heterocycles. The molecular weight excluding hydrogens is 385 g/mol. The van der Waals surface area contributed by atoms with Crippen molar-refractivity contribution in [1.29, 1.82) is 0 Å². The van der Waals surface area contributed by atoms with Crippen LogP contribution in [0.15, 0.2) is 42.5 Å². The van der Waals surface area contributed by atoms with E-state index in [2.05, 4.69) is 15.4 Å². The molecular formula is C19H17ClFN5O2. The number of benzene rings is 2. The molecule has 0 unspecified atom stereocenters. The number of carbonyl (C=O) groups is 2. The Morgan fingerprint density at radius 1 is 1.14 bits per heavy atom. The van der Waals surface area contributed by atoms with Crippen molar-refractivity contribution in [2.24, 2.45) is 0 Å². The Morgan fingerprint density at radius 2 is 1.82 bits per heavy atom. The lowest BCUT2D eigenvalue weighted by molar-refractivity contribution is 0.0827. The van der Waals surface area contributed by atoms with Crippen LogP contribution in [0.25, 0.3) is 5.69 Å². The van der Waals surface area contributed by atoms with Gasteiger partial charge in [0.05, 0.1) is 16.3 Å². The zero-order valence-corrected chi connectivity index (χ0v) is 16.2. The van der Waals surface area contributed by atoms with Gasteiger partial charge in [-0.1, -0.05) is 11.6 Å². The van der Waals surface area contributed by atoms with Gasteiger partial charge in [0.1, 0.15) is 11.6 Å². The molecule has 28 heavy (non-hydrogen) atoms. The molecule has 0 aliphatic heterocycles. The molecule has 0 radical (unpaired) electrons. The molecule has 1 aromatic heterocycles. The number of nitrogens with one attached hydrogen (secondary N) is 1. The van der Waals surface area contributed by atoms with Crippen LogP contribution in [0.1, 0.15) is 26.8 Å². The van der Waals surface area contributed by atoms with E-state index in [9.17, 15) is 14.0 Å². The molecule has 3 aromatic rings. The summed E-state index contributed by atoms with van der Waals surface area (Å²) in [6.07, 6.45) is 0. The lowest BCUT2D eigenvalue weighted by Gasteiger charge is -2.13. The SMILES string of the molecule is Cc1nc(C(=O)Nc2ccc(Cl)c(C(=O)N(C)C)c2)nn1-c1ccc(F)cc1. The van der Waals surface area contributed by atoms with Crippen molar-refractivity contribution in [3.8, 4) is 5.69 Å². The third-order valence-corrected chi connectivity index (χ3v) is 4.23. The Labute approximate surface area is 165 Å². The van der Waals surface area contributed by atoms with Crippen LogP contribution < -0.4 is 5.32 Å². The summed E-state index contributed by atoms with van der Waals surface area (Å²) in [5, 5.41) is 7.12. The second-order valence-electron chi connectivity index (χ2n) is 6.22. The number of amides is 2. The number of hydrogen-bond acceptors (Lipinski definition) is 4. The predicted octanol–water partition coefficient (Wildman–Crippen LogP) is 3.32. The summed E-state index contributed by atoms with van der Waals surface area (Å²) in [7, 11) is 3.22. The van der Waals surface area contributed by atoms with E-state index in [-0.39, 0.29) is 28.1 Å². The van der Waals surface area contributed by atoms with E-state index >= 15 is 0 Å². The average molecular weight is 402 g/mol. The summed E-state index contributed by atoms with van der Waals surface area (Å²) in [4.78, 5) is 30.2. The van der Waals surface area contributed by atoms with Crippen molar-refractivity contribution in [3.05, 3.63) is 70.5 Å². The fourth-order valence-electron chi connectivity index (χ4n) is 2.51. The largest absolute Gasteiger partial charge is 0.345 e. The Morgan fingerprint density at radius 3 is 2.46 bits per heavy atom. The number of hydrogen-bond donors (Lipinski definition) is 1. The van der Waals surface area contributed by atoms with Crippen molar-refractivity contribution in [2.75, 3.05) is 19.4 Å². The fraction of sp³-hybridized carbons (Fsp3) is 0.158. The zero-order valence-electron chi connectivity index (χ0n) is 15.4. The van der Waals surface area contributed by atoms with Crippen LogP contribution in [0.3, 0.4) is 0 Å². The molecule has 2 aromatic carbocycles. The topological polar surface area (TPSA) is 80.1 Å². The minimum absolute atomic E-state index is 0.0581. The van der Waals surface area contributed by atoms with Crippen molar-refractivity contribution >= 4 is 29.1 Å². The molecule has 0 aliphatic carbocycles. The van der Waals surface area contributed by atoms with Gasteiger partial charge < -0.3 is 10.2 Å². The van der Waals surface area contributed by atoms with E-state index in [1.165, 1.54) is 46.0 Å². The summed E-state index contributed by atoms with van der Waals surface area (Å²) in [5.41, 5.74) is 1.23. The quantitative estimate of drug-likeness (QED) is 0.727. The highest BCUT2D eigenvalue weighted by Gasteiger charge is 2.18. The van der Waals surface area contributed by atoms with Gasteiger partial charge >= 0.3 is 0 Å². The number of aromatic nitrogens is 3. The average Bonchev–Trinajstić information content (AvgIpc) is 3.05. The minimum Gasteiger partial charge on any atom is -0.345 e. The van der Waals surface area contributed by atoms with E-state index in [1.807, 2.05) is 0 Å². The Balaban J connectivity index is 1.84. The third-order valence-electron chi connectivity index (χ3n) is 3.90. The highest BCUT2D eigenvalue weighted by Crippen LogP contribution is 2.22. The summed E-state index contributed by atoms with van der Waals surface area (Å²) < 4.78 is 14.5. The zero-order chi connectivity index (χ0) is 20.4. The molecule has 0 aliphatic rings. The first-order valence-corrected chi connectivity index (χ1v) is 8.66. The number of nitrogens with zero attached hydrogens (tertiary/aromatic N) is 4. The van der Waals surface area contributed by atoms with Gasteiger partial charge in [0.25, 0.3) is 11.8 Å². The first-order valence-electron chi connectivity index (χ1n) is 8.28. The van der Waals surface area contributed by atoms with Crippen LogP contribution in [0, 0.1) is 12.7 Å². The van der Waals surface area contributed by atoms with E-state index in [4.69, 9.17) is 11.6 Å². The molecule has 0 saturated carbocycles. The van der Waals surface area contributed by atoms with Gasteiger partial charge in [-0.15, -0.1) is 5.10 Å². The first-order chi connectivity index (χ1) is 13.3. The van der Waals surface area contributed by atoms with Gasteiger partial charge in [-0.05, 0) is 49.4 Å². The van der Waals surface area contributed by atoms with E-state index < -0.39 is 5.91 Å². The monoisotopic (exact) mass is 401 g/mol. The second kappa shape index (κ2) is 7.77. The van der Waals surface area contributed by atoms with Gasteiger partial charge in [0.15, 0.2) is 0 Å². The molecule has 0 fully saturated rings. The summed E-state index contributed by atoms with van der Waals surface area (Å²) in [5.74, 6) is -0.788. The van der Waals surface area contributed by atoms with Gasteiger partial charge in [0, 0.05) is 19.8 Å². The molecule has 144 valence electrons. The lowest BCUT2D eigenvalue weighted by Crippen LogP contribution is -2.22. The Bertz CT molecular complexity index is 1050. The number of carbonyl (C=O) groups excluding carboxylic acids is 2. The van der Waals surface area contributed by atoms with Crippen molar-refractivity contribution in [3.63, 3.8) is 0 Å². The molecule has 2 amide bonds. The number of aryl methyl sites for hydroxylation is 1. The Kier molecular flexibility index (Phi) is 5.41. The summed E-state index contributed by atoms with van der Waals surface area (Å²) >= 11 is 6.08. The maximum Gasteiger partial charge on any atom is 0.295 e. The van der Waals surface area contributed by atoms with E-state index in [0.29, 0.717) is 17.2 Å². The van der Waals surface area contributed by atoms with Crippen molar-refractivity contribution in [2.45, 2.75) is 6.92 Å². The molecule has 3 rings (SSSR count). The maximum absolute atomic E-state index is 13.1. The lowest BCUT2D eigenvalue weighted by atomic mass is 10.1. The van der Waals surface area contributed by atoms with E-state index in [0.717, 1.165) is 0 Å². The van der Waals surface area contributed by atoms with Crippen LogP contribution in [0.2, 0.25) is 5.02 Å². The Hall–Kier alpha value is -3.26. The normalized spacial score (nSPS) is 10.6. The predicted molar refractivity (Wildman–Crippen MR) is 103 cm³/mol. The molecule has 0 saturated heterocycles. The second-order valence-corrected chi connectivity index (χ2v) is 6.63. The highest BCUT2D eigenvalue weighted by atomic mass is 35.5. The van der Waals surface area contributed by atoms with Crippen LogP contribution in [-0.4, -0.2) is 45.6 Å². The van der Waals surface area contributed by atoms with Crippen LogP contribution >= 0.6 is 11.6 Å². The number of halogens is 2. The number of anilines is 1. The molecule has 0 bridgehead atoms. The molecule has 7 nitrogen and oxygen atoms in total. The minimum atomic E-state index is -0.547. The van der Waals surface area contributed by atoms with Crippen LogP contribution in [0.4, 0.5) is 10.1 Å². The van der Waals surface area contributed by atoms with Gasteiger partial charge in [0.2, 0.25) is 5.82 Å². The van der Waals surface area contributed by atoms with E-state index in [1.54, 1.807) is 27.1 Å². The molecule has 9 heteroatoms.